The highest BCUT2D eigenvalue weighted by molar-refractivity contribution is 7.92. The molecule has 0 atom stereocenters. The van der Waals surface area contributed by atoms with Crippen LogP contribution in [0, 0.1) is 5.82 Å². The Labute approximate surface area is 159 Å². The number of aromatic amines is 1. The number of sulfonamides is 1. The fraction of sp³-hybridized carbons (Fsp3) is 0. The molecule has 27 heavy (non-hydrogen) atoms. The van der Waals surface area contributed by atoms with Gasteiger partial charge in [-0.15, -0.1) is 0 Å². The summed E-state index contributed by atoms with van der Waals surface area (Å²) in [5, 5.41) is 8.19. The van der Waals surface area contributed by atoms with Gasteiger partial charge in [-0.3, -0.25) is 9.82 Å². The van der Waals surface area contributed by atoms with E-state index in [-0.39, 0.29) is 10.7 Å². The lowest BCUT2D eigenvalue weighted by Crippen LogP contribution is -2.12. The number of nitrogens with one attached hydrogen (secondary N) is 2. The normalized spacial score (nSPS) is 11.6. The molecule has 0 bridgehead atoms. The first-order valence-corrected chi connectivity index (χ1v) is 9.81. The van der Waals surface area contributed by atoms with Gasteiger partial charge in [-0.2, -0.15) is 5.10 Å². The lowest BCUT2D eigenvalue weighted by atomic mass is 10.1. The minimum atomic E-state index is -3.79. The van der Waals surface area contributed by atoms with Crippen molar-refractivity contribution in [2.45, 2.75) is 4.90 Å². The van der Waals surface area contributed by atoms with Crippen molar-refractivity contribution in [1.82, 2.24) is 10.2 Å². The van der Waals surface area contributed by atoms with Crippen molar-refractivity contribution < 1.29 is 12.8 Å². The van der Waals surface area contributed by atoms with Crippen LogP contribution in [-0.4, -0.2) is 18.6 Å². The Kier molecular flexibility index (Phi) is 4.33. The van der Waals surface area contributed by atoms with Gasteiger partial charge in [0.2, 0.25) is 0 Å². The molecule has 8 heteroatoms. The van der Waals surface area contributed by atoms with Crippen molar-refractivity contribution in [2.75, 3.05) is 4.72 Å². The van der Waals surface area contributed by atoms with Gasteiger partial charge in [-0.25, -0.2) is 12.8 Å². The summed E-state index contributed by atoms with van der Waals surface area (Å²) >= 11 is 5.82. The molecule has 0 unspecified atom stereocenters. The molecule has 1 heterocycles. The summed E-state index contributed by atoms with van der Waals surface area (Å²) in [5.41, 5.74) is 2.10. The number of halogens is 2. The molecule has 0 saturated heterocycles. The second-order valence-electron chi connectivity index (χ2n) is 5.90. The Morgan fingerprint density at radius 3 is 2.56 bits per heavy atom. The minimum absolute atomic E-state index is 0.0909. The topological polar surface area (TPSA) is 74.8 Å². The zero-order valence-electron chi connectivity index (χ0n) is 13.8. The van der Waals surface area contributed by atoms with Gasteiger partial charge in [-0.1, -0.05) is 23.7 Å². The molecule has 1 aromatic heterocycles. The zero-order chi connectivity index (χ0) is 19.0. The number of nitrogens with zero attached hydrogens (tertiary/aromatic N) is 1. The predicted molar refractivity (Wildman–Crippen MR) is 104 cm³/mol. The van der Waals surface area contributed by atoms with E-state index in [1.54, 1.807) is 42.5 Å². The highest BCUT2D eigenvalue weighted by Crippen LogP contribution is 2.29. The number of aromatic nitrogens is 2. The smallest absolute Gasteiger partial charge is 0.261 e. The summed E-state index contributed by atoms with van der Waals surface area (Å²) in [6.07, 6.45) is 0. The average Bonchev–Trinajstić information content (AvgIpc) is 3.06. The van der Waals surface area contributed by atoms with Crippen LogP contribution in [0.5, 0.6) is 0 Å². The lowest BCUT2D eigenvalue weighted by molar-refractivity contribution is 0.601. The molecule has 5 nitrogen and oxygen atoms in total. The van der Waals surface area contributed by atoms with Crippen LogP contribution in [-0.2, 0) is 10.0 Å². The van der Waals surface area contributed by atoms with Crippen LogP contribution in [0.4, 0.5) is 10.1 Å². The van der Waals surface area contributed by atoms with Gasteiger partial charge in [0.15, 0.2) is 0 Å². The van der Waals surface area contributed by atoms with Gasteiger partial charge in [0.05, 0.1) is 16.1 Å². The Balaban J connectivity index is 1.72. The molecule has 4 aromatic rings. The van der Waals surface area contributed by atoms with E-state index < -0.39 is 10.0 Å². The molecule has 0 amide bonds. The summed E-state index contributed by atoms with van der Waals surface area (Å²) in [5.74, 6) is -0.374. The molecule has 0 aliphatic carbocycles. The molecule has 0 radical (unpaired) electrons. The van der Waals surface area contributed by atoms with Crippen LogP contribution in [0.2, 0.25) is 5.02 Å². The summed E-state index contributed by atoms with van der Waals surface area (Å²) in [7, 11) is -3.79. The number of hydrogen-bond donors (Lipinski definition) is 2. The monoisotopic (exact) mass is 401 g/mol. The number of benzene rings is 3. The van der Waals surface area contributed by atoms with E-state index in [0.29, 0.717) is 32.9 Å². The highest BCUT2D eigenvalue weighted by atomic mass is 35.5. The summed E-state index contributed by atoms with van der Waals surface area (Å²) in [6.45, 7) is 0. The summed E-state index contributed by atoms with van der Waals surface area (Å²) in [4.78, 5) is 0.0909. The number of anilines is 1. The van der Waals surface area contributed by atoms with Crippen LogP contribution >= 0.6 is 11.6 Å². The predicted octanol–water partition coefficient (Wildman–Crippen LogP) is 4.82. The molecule has 2 N–H and O–H groups in total. The van der Waals surface area contributed by atoms with Crippen molar-refractivity contribution >= 4 is 38.2 Å². The first-order valence-electron chi connectivity index (χ1n) is 7.95. The maximum atomic E-state index is 13.4. The van der Waals surface area contributed by atoms with Crippen LogP contribution < -0.4 is 4.72 Å². The highest BCUT2D eigenvalue weighted by Gasteiger charge is 2.17. The Bertz CT molecular complexity index is 1240. The van der Waals surface area contributed by atoms with Gasteiger partial charge in [0.1, 0.15) is 5.82 Å². The van der Waals surface area contributed by atoms with E-state index in [4.69, 9.17) is 11.6 Å². The SMILES string of the molecule is O=S(=O)(Nc1ccc(Cl)cc1)c1cccc(-c2n[nH]c3cc(F)ccc23)c1. The molecule has 136 valence electrons. The summed E-state index contributed by atoms with van der Waals surface area (Å²) < 4.78 is 41.3. The third-order valence-electron chi connectivity index (χ3n) is 4.04. The Hall–Kier alpha value is -2.90. The molecule has 0 aliphatic rings. The molecule has 4 rings (SSSR count). The Morgan fingerprint density at radius 2 is 1.78 bits per heavy atom. The third-order valence-corrected chi connectivity index (χ3v) is 5.67. The number of H-pyrrole nitrogens is 1. The fourth-order valence-corrected chi connectivity index (χ4v) is 3.98. The molecule has 0 aliphatic heterocycles. The molecular formula is C19H13ClFN3O2S. The van der Waals surface area contributed by atoms with Gasteiger partial charge >= 0.3 is 0 Å². The van der Waals surface area contributed by atoms with E-state index in [1.807, 2.05) is 0 Å². The largest absolute Gasteiger partial charge is 0.280 e. The number of fused-ring (bicyclic) bond motifs is 1. The van der Waals surface area contributed by atoms with Crippen LogP contribution in [0.3, 0.4) is 0 Å². The van der Waals surface area contributed by atoms with E-state index in [1.165, 1.54) is 24.3 Å². The number of hydrogen-bond acceptors (Lipinski definition) is 3. The molecule has 3 aromatic carbocycles. The zero-order valence-corrected chi connectivity index (χ0v) is 15.4. The van der Waals surface area contributed by atoms with Crippen molar-refractivity contribution in [1.29, 1.82) is 0 Å². The van der Waals surface area contributed by atoms with Crippen molar-refractivity contribution in [2.24, 2.45) is 0 Å². The average molecular weight is 402 g/mol. The molecular weight excluding hydrogens is 389 g/mol. The Morgan fingerprint density at radius 1 is 1.00 bits per heavy atom. The van der Waals surface area contributed by atoms with Crippen molar-refractivity contribution in [3.8, 4) is 11.3 Å². The standard InChI is InChI=1S/C19H13ClFN3O2S/c20-13-4-7-15(8-5-13)24-27(25,26)16-3-1-2-12(10-16)19-17-9-6-14(21)11-18(17)22-23-19/h1-11,24H,(H,22,23). The molecule has 0 spiro atoms. The quantitative estimate of drug-likeness (QED) is 0.514. The lowest BCUT2D eigenvalue weighted by Gasteiger charge is -2.09. The summed E-state index contributed by atoms with van der Waals surface area (Å²) in [6, 6.07) is 17.1. The second kappa shape index (κ2) is 6.68. The van der Waals surface area contributed by atoms with Crippen molar-refractivity contribution in [3.63, 3.8) is 0 Å². The fourth-order valence-electron chi connectivity index (χ4n) is 2.75. The first-order chi connectivity index (χ1) is 12.9. The van der Waals surface area contributed by atoms with Crippen LogP contribution in [0.1, 0.15) is 0 Å². The van der Waals surface area contributed by atoms with E-state index in [0.717, 1.165) is 0 Å². The van der Waals surface area contributed by atoms with E-state index in [9.17, 15) is 12.8 Å². The van der Waals surface area contributed by atoms with Crippen LogP contribution in [0.25, 0.3) is 22.2 Å². The minimum Gasteiger partial charge on any atom is -0.280 e. The molecule has 0 fully saturated rings. The maximum Gasteiger partial charge on any atom is 0.261 e. The van der Waals surface area contributed by atoms with Gasteiger partial charge < -0.3 is 0 Å². The first kappa shape index (κ1) is 17.5. The van der Waals surface area contributed by atoms with Gasteiger partial charge in [0.25, 0.3) is 10.0 Å². The second-order valence-corrected chi connectivity index (χ2v) is 8.02. The van der Waals surface area contributed by atoms with Crippen molar-refractivity contribution in [3.05, 3.63) is 77.6 Å². The van der Waals surface area contributed by atoms with Crippen LogP contribution in [0.15, 0.2) is 71.6 Å². The third kappa shape index (κ3) is 3.51. The number of rotatable bonds is 4. The van der Waals surface area contributed by atoms with Gasteiger partial charge in [-0.05, 0) is 54.6 Å². The molecule has 0 saturated carbocycles. The van der Waals surface area contributed by atoms with Gasteiger partial charge in [0, 0.05) is 21.7 Å². The van der Waals surface area contributed by atoms with E-state index >= 15 is 0 Å². The maximum absolute atomic E-state index is 13.4. The van der Waals surface area contributed by atoms with E-state index in [2.05, 4.69) is 14.9 Å².